The molecule has 0 heterocycles. The summed E-state index contributed by atoms with van der Waals surface area (Å²) in [6, 6.07) is 18.3. The second kappa shape index (κ2) is 5.25. The van der Waals surface area contributed by atoms with Crippen molar-refractivity contribution in [2.24, 2.45) is 4.99 Å². The molecule has 2 aromatic carbocycles. The van der Waals surface area contributed by atoms with E-state index in [0.29, 0.717) is 0 Å². The van der Waals surface area contributed by atoms with E-state index in [1.807, 2.05) is 49.4 Å². The van der Waals surface area contributed by atoms with Gasteiger partial charge in [0.2, 0.25) is 0 Å². The number of para-hydroxylation sites is 1. The van der Waals surface area contributed by atoms with Gasteiger partial charge in [0.25, 0.3) is 0 Å². The van der Waals surface area contributed by atoms with Crippen molar-refractivity contribution in [3.63, 3.8) is 0 Å². The lowest BCUT2D eigenvalue weighted by atomic mass is 10.1. The van der Waals surface area contributed by atoms with Gasteiger partial charge >= 0.3 is 0 Å². The number of aliphatic imine (C=N–C) groups is 1. The third kappa shape index (κ3) is 2.70. The quantitative estimate of drug-likeness (QED) is 0.573. The van der Waals surface area contributed by atoms with E-state index < -0.39 is 0 Å². The van der Waals surface area contributed by atoms with E-state index in [-0.39, 0.29) is 0 Å². The molecule has 1 nitrogen and oxygen atoms in total. The molecular weight excluding hydrogens is 309 g/mol. The van der Waals surface area contributed by atoms with E-state index in [1.54, 1.807) is 0 Å². The summed E-state index contributed by atoms with van der Waals surface area (Å²) < 4.78 is 1.23. The van der Waals surface area contributed by atoms with Gasteiger partial charge in [0.1, 0.15) is 0 Å². The minimum atomic E-state index is 1.000. The van der Waals surface area contributed by atoms with E-state index in [4.69, 9.17) is 0 Å². The van der Waals surface area contributed by atoms with Crippen LogP contribution in [0.2, 0.25) is 0 Å². The molecule has 0 aliphatic carbocycles. The maximum Gasteiger partial charge on any atom is 0.0633 e. The van der Waals surface area contributed by atoms with Crippen molar-refractivity contribution in [3.05, 3.63) is 63.7 Å². The van der Waals surface area contributed by atoms with Crippen LogP contribution in [0.1, 0.15) is 12.5 Å². The fraction of sp³-hybridized carbons (Fsp3) is 0.0714. The Morgan fingerprint density at radius 3 is 2.25 bits per heavy atom. The molecule has 0 atom stereocenters. The van der Waals surface area contributed by atoms with Gasteiger partial charge in [-0.1, -0.05) is 36.4 Å². The molecule has 0 spiro atoms. The van der Waals surface area contributed by atoms with Crippen LogP contribution in [0.4, 0.5) is 5.69 Å². The van der Waals surface area contributed by atoms with Crippen molar-refractivity contribution in [2.75, 3.05) is 0 Å². The van der Waals surface area contributed by atoms with Gasteiger partial charge in [0, 0.05) is 14.8 Å². The number of nitrogens with zero attached hydrogens (tertiary/aromatic N) is 1. The number of halogens is 1. The standard InChI is InChI=1S/C14H12IN/c1-11(13-9-5-6-10-14(13)15)16-12-7-3-2-4-8-12/h2-10H,1H3. The Bertz CT molecular complexity index is 503. The molecule has 0 aromatic heterocycles. The van der Waals surface area contributed by atoms with E-state index in [1.165, 1.54) is 9.13 Å². The van der Waals surface area contributed by atoms with Crippen molar-refractivity contribution in [3.8, 4) is 0 Å². The van der Waals surface area contributed by atoms with Gasteiger partial charge in [-0.15, -0.1) is 0 Å². The Kier molecular flexibility index (Phi) is 3.72. The predicted molar refractivity (Wildman–Crippen MR) is 77.5 cm³/mol. The molecule has 0 aliphatic heterocycles. The first-order valence-corrected chi connectivity index (χ1v) is 6.20. The van der Waals surface area contributed by atoms with Gasteiger partial charge in [-0.05, 0) is 47.7 Å². The summed E-state index contributed by atoms with van der Waals surface area (Å²) in [6.07, 6.45) is 0. The maximum absolute atomic E-state index is 4.60. The molecular formula is C14H12IN. The summed E-state index contributed by atoms with van der Waals surface area (Å²) >= 11 is 2.34. The van der Waals surface area contributed by atoms with Gasteiger partial charge in [-0.3, -0.25) is 4.99 Å². The topological polar surface area (TPSA) is 12.4 Å². The molecule has 16 heavy (non-hydrogen) atoms. The van der Waals surface area contributed by atoms with Crippen LogP contribution in [0.15, 0.2) is 59.6 Å². The average Bonchev–Trinajstić information content (AvgIpc) is 2.31. The summed E-state index contributed by atoms with van der Waals surface area (Å²) in [5.74, 6) is 0. The fourth-order valence-corrected chi connectivity index (χ4v) is 2.29. The van der Waals surface area contributed by atoms with Gasteiger partial charge in [0.15, 0.2) is 0 Å². The highest BCUT2D eigenvalue weighted by molar-refractivity contribution is 14.1. The van der Waals surface area contributed by atoms with Crippen LogP contribution in [-0.2, 0) is 0 Å². The van der Waals surface area contributed by atoms with Crippen LogP contribution >= 0.6 is 22.6 Å². The molecule has 0 saturated carbocycles. The van der Waals surface area contributed by atoms with E-state index in [9.17, 15) is 0 Å². The normalized spacial score (nSPS) is 11.5. The first-order chi connectivity index (χ1) is 7.77. The van der Waals surface area contributed by atoms with Crippen LogP contribution in [0.25, 0.3) is 0 Å². The smallest absolute Gasteiger partial charge is 0.0633 e. The average molecular weight is 321 g/mol. The fourth-order valence-electron chi connectivity index (χ4n) is 1.51. The largest absolute Gasteiger partial charge is 0.253 e. The number of rotatable bonds is 2. The van der Waals surface area contributed by atoms with Crippen molar-refractivity contribution >= 4 is 34.0 Å². The van der Waals surface area contributed by atoms with Gasteiger partial charge in [-0.25, -0.2) is 0 Å². The Balaban J connectivity index is 2.36. The molecule has 0 N–H and O–H groups in total. The summed E-state index contributed by atoms with van der Waals surface area (Å²) in [6.45, 7) is 2.05. The van der Waals surface area contributed by atoms with Crippen LogP contribution in [0, 0.1) is 3.57 Å². The molecule has 0 fully saturated rings. The maximum atomic E-state index is 4.60. The molecule has 0 radical (unpaired) electrons. The molecule has 2 rings (SSSR count). The van der Waals surface area contributed by atoms with Gasteiger partial charge in [0.05, 0.1) is 5.69 Å². The van der Waals surface area contributed by atoms with Crippen molar-refractivity contribution in [2.45, 2.75) is 6.92 Å². The Hall–Kier alpha value is -1.16. The van der Waals surface area contributed by atoms with Crippen molar-refractivity contribution in [1.82, 2.24) is 0 Å². The van der Waals surface area contributed by atoms with Crippen LogP contribution in [0.5, 0.6) is 0 Å². The first-order valence-electron chi connectivity index (χ1n) is 5.12. The molecule has 0 amide bonds. The minimum Gasteiger partial charge on any atom is -0.253 e. The summed E-state index contributed by atoms with van der Waals surface area (Å²) in [5, 5.41) is 0. The summed E-state index contributed by atoms with van der Waals surface area (Å²) in [4.78, 5) is 4.60. The zero-order valence-corrected chi connectivity index (χ0v) is 11.2. The highest BCUT2D eigenvalue weighted by Gasteiger charge is 2.01. The van der Waals surface area contributed by atoms with Crippen LogP contribution in [0.3, 0.4) is 0 Å². The van der Waals surface area contributed by atoms with Crippen molar-refractivity contribution < 1.29 is 0 Å². The molecule has 2 heteroatoms. The third-order valence-corrected chi connectivity index (χ3v) is 3.26. The lowest BCUT2D eigenvalue weighted by molar-refractivity contribution is 1.46. The van der Waals surface area contributed by atoms with E-state index in [2.05, 4.69) is 39.7 Å². The third-order valence-electron chi connectivity index (χ3n) is 2.32. The number of benzene rings is 2. The van der Waals surface area contributed by atoms with Crippen LogP contribution in [-0.4, -0.2) is 5.71 Å². The number of hydrogen-bond donors (Lipinski definition) is 0. The molecule has 0 bridgehead atoms. The second-order valence-electron chi connectivity index (χ2n) is 3.51. The van der Waals surface area contributed by atoms with E-state index >= 15 is 0 Å². The molecule has 0 aliphatic rings. The Labute approximate surface area is 109 Å². The molecule has 2 aromatic rings. The van der Waals surface area contributed by atoms with Gasteiger partial charge in [-0.2, -0.15) is 0 Å². The molecule has 0 saturated heterocycles. The lowest BCUT2D eigenvalue weighted by Gasteiger charge is -2.03. The summed E-state index contributed by atoms with van der Waals surface area (Å²) in [5.41, 5.74) is 3.25. The minimum absolute atomic E-state index is 1.000. The highest BCUT2D eigenvalue weighted by atomic mass is 127. The Morgan fingerprint density at radius 2 is 1.56 bits per heavy atom. The molecule has 0 unspecified atom stereocenters. The monoisotopic (exact) mass is 321 g/mol. The summed E-state index contributed by atoms with van der Waals surface area (Å²) in [7, 11) is 0. The zero-order valence-electron chi connectivity index (χ0n) is 9.02. The lowest BCUT2D eigenvalue weighted by Crippen LogP contribution is -1.96. The van der Waals surface area contributed by atoms with Crippen LogP contribution < -0.4 is 0 Å². The zero-order chi connectivity index (χ0) is 11.4. The SMILES string of the molecule is CC(=Nc1ccccc1)c1ccccc1I. The Morgan fingerprint density at radius 1 is 0.938 bits per heavy atom. The van der Waals surface area contributed by atoms with Crippen molar-refractivity contribution in [1.29, 1.82) is 0 Å². The second-order valence-corrected chi connectivity index (χ2v) is 4.67. The van der Waals surface area contributed by atoms with E-state index in [0.717, 1.165) is 11.4 Å². The first kappa shape index (κ1) is 11.3. The molecule has 80 valence electrons. The highest BCUT2D eigenvalue weighted by Crippen LogP contribution is 2.16. The van der Waals surface area contributed by atoms with Gasteiger partial charge < -0.3 is 0 Å². The number of hydrogen-bond acceptors (Lipinski definition) is 1. The predicted octanol–water partition coefficient (Wildman–Crippen LogP) is 4.43.